The third kappa shape index (κ3) is 1.01. The quantitative estimate of drug-likeness (QED) is 0.657. The minimum Gasteiger partial charge on any atom is -0.508 e. The Labute approximate surface area is 78.8 Å². The number of phenols is 1. The van der Waals surface area contributed by atoms with Gasteiger partial charge in [-0.05, 0) is 19.1 Å². The van der Waals surface area contributed by atoms with Crippen molar-refractivity contribution in [1.82, 2.24) is 0 Å². The van der Waals surface area contributed by atoms with E-state index >= 15 is 0 Å². The fourth-order valence-electron chi connectivity index (χ4n) is 2.11. The maximum atomic E-state index is 9.71. The predicted octanol–water partition coefficient (Wildman–Crippen LogP) is 2.33. The van der Waals surface area contributed by atoms with Crippen LogP contribution in [0, 0.1) is 0 Å². The number of nitrogens with zero attached hydrogens (tertiary/aromatic N) is 1. The first-order valence-electron chi connectivity index (χ1n) is 4.67. The summed E-state index contributed by atoms with van der Waals surface area (Å²) in [5.41, 5.74) is 2.26. The molecule has 0 amide bonds. The second-order valence-corrected chi connectivity index (χ2v) is 3.85. The standard InChI is InChI=1S/C11H15NO/c1-7-8(2)12(3)9-5-4-6-10(13)11(7)9/h4-8,13H,1-3H3. The second-order valence-electron chi connectivity index (χ2n) is 3.85. The lowest BCUT2D eigenvalue weighted by molar-refractivity contribution is 0.463. The molecule has 2 rings (SSSR count). The maximum Gasteiger partial charge on any atom is 0.121 e. The monoisotopic (exact) mass is 177 g/mol. The average molecular weight is 177 g/mol. The Balaban J connectivity index is 2.60. The van der Waals surface area contributed by atoms with Crippen molar-refractivity contribution in [3.05, 3.63) is 23.8 Å². The lowest BCUT2D eigenvalue weighted by Crippen LogP contribution is -2.25. The molecule has 0 radical (unpaired) electrons. The van der Waals surface area contributed by atoms with Gasteiger partial charge in [0, 0.05) is 30.3 Å². The van der Waals surface area contributed by atoms with Gasteiger partial charge >= 0.3 is 0 Å². The first-order valence-corrected chi connectivity index (χ1v) is 4.67. The number of likely N-dealkylation sites (N-methyl/N-ethyl adjacent to an activating group) is 1. The van der Waals surface area contributed by atoms with Crippen LogP contribution in [0.2, 0.25) is 0 Å². The Kier molecular flexibility index (Phi) is 1.72. The molecule has 1 heterocycles. The van der Waals surface area contributed by atoms with Crippen LogP contribution in [0.3, 0.4) is 0 Å². The van der Waals surface area contributed by atoms with E-state index in [1.807, 2.05) is 6.07 Å². The van der Waals surface area contributed by atoms with Gasteiger partial charge < -0.3 is 10.0 Å². The molecule has 1 aliphatic rings. The van der Waals surface area contributed by atoms with Gasteiger partial charge in [-0.1, -0.05) is 13.0 Å². The van der Waals surface area contributed by atoms with Gasteiger partial charge in [0.1, 0.15) is 5.75 Å². The van der Waals surface area contributed by atoms with Crippen LogP contribution < -0.4 is 4.90 Å². The fraction of sp³-hybridized carbons (Fsp3) is 0.455. The largest absolute Gasteiger partial charge is 0.508 e. The highest BCUT2D eigenvalue weighted by molar-refractivity contribution is 5.65. The summed E-state index contributed by atoms with van der Waals surface area (Å²) in [7, 11) is 2.08. The summed E-state index contributed by atoms with van der Waals surface area (Å²) < 4.78 is 0. The van der Waals surface area contributed by atoms with Crippen molar-refractivity contribution in [3.63, 3.8) is 0 Å². The summed E-state index contributed by atoms with van der Waals surface area (Å²) in [5, 5.41) is 9.71. The van der Waals surface area contributed by atoms with Crippen LogP contribution >= 0.6 is 0 Å². The molecule has 0 aliphatic carbocycles. The number of fused-ring (bicyclic) bond motifs is 1. The minimum absolute atomic E-state index is 0.418. The van der Waals surface area contributed by atoms with E-state index in [0.29, 0.717) is 17.7 Å². The van der Waals surface area contributed by atoms with Gasteiger partial charge in [-0.2, -0.15) is 0 Å². The molecule has 2 unspecified atom stereocenters. The Hall–Kier alpha value is -1.18. The lowest BCUT2D eigenvalue weighted by Gasteiger charge is -2.20. The van der Waals surface area contributed by atoms with Gasteiger partial charge in [0.25, 0.3) is 0 Å². The molecule has 1 aromatic rings. The number of benzene rings is 1. The third-order valence-corrected chi connectivity index (χ3v) is 3.23. The summed E-state index contributed by atoms with van der Waals surface area (Å²) in [5.74, 6) is 0.849. The molecule has 0 spiro atoms. The maximum absolute atomic E-state index is 9.71. The highest BCUT2D eigenvalue weighted by atomic mass is 16.3. The molecule has 0 saturated carbocycles. The zero-order valence-electron chi connectivity index (χ0n) is 8.28. The second kappa shape index (κ2) is 2.66. The van der Waals surface area contributed by atoms with Crippen LogP contribution in [-0.2, 0) is 0 Å². The molecule has 1 aliphatic heterocycles. The van der Waals surface area contributed by atoms with Gasteiger partial charge in [-0.3, -0.25) is 0 Å². The van der Waals surface area contributed by atoms with Crippen molar-refractivity contribution < 1.29 is 5.11 Å². The van der Waals surface area contributed by atoms with Crippen LogP contribution in [0.25, 0.3) is 0 Å². The zero-order valence-corrected chi connectivity index (χ0v) is 8.28. The van der Waals surface area contributed by atoms with E-state index in [4.69, 9.17) is 0 Å². The number of phenolic OH excluding ortho intramolecular Hbond substituents is 1. The van der Waals surface area contributed by atoms with Crippen LogP contribution in [0.4, 0.5) is 5.69 Å². The normalized spacial score (nSPS) is 26.2. The summed E-state index contributed by atoms with van der Waals surface area (Å²) in [4.78, 5) is 2.22. The topological polar surface area (TPSA) is 23.5 Å². The average Bonchev–Trinajstić information content (AvgIpc) is 2.33. The van der Waals surface area contributed by atoms with Crippen molar-refractivity contribution in [3.8, 4) is 5.75 Å². The van der Waals surface area contributed by atoms with Crippen LogP contribution in [0.5, 0.6) is 5.75 Å². The Morgan fingerprint density at radius 1 is 1.31 bits per heavy atom. The SMILES string of the molecule is CC1c2c(O)cccc2N(C)C1C. The molecule has 2 nitrogen and oxygen atoms in total. The smallest absolute Gasteiger partial charge is 0.121 e. The summed E-state index contributed by atoms with van der Waals surface area (Å²) in [6.45, 7) is 4.34. The summed E-state index contributed by atoms with van der Waals surface area (Å²) >= 11 is 0. The van der Waals surface area contributed by atoms with Crippen molar-refractivity contribution in [2.45, 2.75) is 25.8 Å². The molecule has 0 saturated heterocycles. The Morgan fingerprint density at radius 3 is 2.62 bits per heavy atom. The van der Waals surface area contributed by atoms with Crippen molar-refractivity contribution in [1.29, 1.82) is 0 Å². The molecular weight excluding hydrogens is 162 g/mol. The van der Waals surface area contributed by atoms with Crippen molar-refractivity contribution in [2.24, 2.45) is 0 Å². The first kappa shape index (κ1) is 8.42. The lowest BCUT2D eigenvalue weighted by atomic mass is 9.97. The van der Waals surface area contributed by atoms with Crippen molar-refractivity contribution in [2.75, 3.05) is 11.9 Å². The fourth-order valence-corrected chi connectivity index (χ4v) is 2.11. The van der Waals surface area contributed by atoms with Gasteiger partial charge in [-0.15, -0.1) is 0 Å². The number of anilines is 1. The molecule has 0 fully saturated rings. The predicted molar refractivity (Wildman–Crippen MR) is 54.4 cm³/mol. The van der Waals surface area contributed by atoms with Gasteiger partial charge in [-0.25, -0.2) is 0 Å². The Morgan fingerprint density at radius 2 is 2.00 bits per heavy atom. The van der Waals surface area contributed by atoms with Crippen LogP contribution in [0.1, 0.15) is 25.3 Å². The van der Waals surface area contributed by atoms with E-state index < -0.39 is 0 Å². The molecule has 1 N–H and O–H groups in total. The Bertz CT molecular complexity index is 335. The van der Waals surface area contributed by atoms with Crippen molar-refractivity contribution >= 4 is 5.69 Å². The van der Waals surface area contributed by atoms with E-state index in [1.165, 1.54) is 5.69 Å². The van der Waals surface area contributed by atoms with Gasteiger partial charge in [0.15, 0.2) is 0 Å². The van der Waals surface area contributed by atoms with E-state index in [1.54, 1.807) is 6.07 Å². The van der Waals surface area contributed by atoms with E-state index in [9.17, 15) is 5.11 Å². The first-order chi connectivity index (χ1) is 6.13. The highest BCUT2D eigenvalue weighted by Crippen LogP contribution is 2.43. The number of aromatic hydroxyl groups is 1. The highest BCUT2D eigenvalue weighted by Gasteiger charge is 2.31. The third-order valence-electron chi connectivity index (χ3n) is 3.23. The molecule has 0 aromatic heterocycles. The molecule has 13 heavy (non-hydrogen) atoms. The van der Waals surface area contributed by atoms with E-state index in [-0.39, 0.29) is 0 Å². The van der Waals surface area contributed by atoms with E-state index in [2.05, 4.69) is 31.9 Å². The molecule has 1 aromatic carbocycles. The number of rotatable bonds is 0. The van der Waals surface area contributed by atoms with Crippen LogP contribution in [-0.4, -0.2) is 18.2 Å². The molecule has 2 atom stereocenters. The number of hydrogen-bond donors (Lipinski definition) is 1. The molecule has 0 bridgehead atoms. The minimum atomic E-state index is 0.418. The van der Waals surface area contributed by atoms with Gasteiger partial charge in [0.05, 0.1) is 0 Å². The molecule has 2 heteroatoms. The van der Waals surface area contributed by atoms with E-state index in [0.717, 1.165) is 5.56 Å². The molecular formula is C11H15NO. The zero-order chi connectivity index (χ0) is 9.59. The van der Waals surface area contributed by atoms with Gasteiger partial charge in [0.2, 0.25) is 0 Å². The number of hydrogen-bond acceptors (Lipinski definition) is 2. The summed E-state index contributed by atoms with van der Waals surface area (Å²) in [6.07, 6.45) is 0. The summed E-state index contributed by atoms with van der Waals surface area (Å²) in [6, 6.07) is 6.20. The van der Waals surface area contributed by atoms with Crippen LogP contribution in [0.15, 0.2) is 18.2 Å². The molecule has 70 valence electrons.